The van der Waals surface area contributed by atoms with Gasteiger partial charge < -0.3 is 19.6 Å². The van der Waals surface area contributed by atoms with E-state index in [1.807, 2.05) is 24.3 Å². The van der Waals surface area contributed by atoms with Gasteiger partial charge in [-0.25, -0.2) is 9.78 Å². The van der Waals surface area contributed by atoms with Crippen molar-refractivity contribution >= 4 is 34.7 Å². The molecule has 2 aromatic heterocycles. The molecule has 0 aliphatic heterocycles. The normalized spacial score (nSPS) is 10.8. The van der Waals surface area contributed by atoms with Crippen LogP contribution < -0.4 is 10.1 Å². The quantitative estimate of drug-likeness (QED) is 0.475. The summed E-state index contributed by atoms with van der Waals surface area (Å²) >= 11 is 5.88. The SMILES string of the molecule is O=C(O)c1cc(Oc2ccc3nc(NCc4ccc(Cl)cc4)oc3c2)ccn1. The summed E-state index contributed by atoms with van der Waals surface area (Å²) in [5, 5.41) is 12.8. The van der Waals surface area contributed by atoms with Crippen molar-refractivity contribution in [2.45, 2.75) is 6.54 Å². The van der Waals surface area contributed by atoms with Gasteiger partial charge >= 0.3 is 5.97 Å². The number of halogens is 1. The Balaban J connectivity index is 1.49. The zero-order chi connectivity index (χ0) is 19.5. The standard InChI is InChI=1S/C20H14ClN3O4/c21-13-3-1-12(2-4-13)11-23-20-24-16-6-5-14(10-18(16)28-20)27-15-7-8-22-17(9-15)19(25)26/h1-10H,11H2,(H,23,24)(H,25,26). The van der Waals surface area contributed by atoms with Gasteiger partial charge in [0.25, 0.3) is 6.01 Å². The number of oxazole rings is 1. The molecule has 28 heavy (non-hydrogen) atoms. The van der Waals surface area contributed by atoms with Crippen LogP contribution in [0.5, 0.6) is 11.5 Å². The van der Waals surface area contributed by atoms with Crippen LogP contribution in [0.25, 0.3) is 11.1 Å². The molecule has 0 fully saturated rings. The molecule has 0 aliphatic carbocycles. The minimum absolute atomic E-state index is 0.0908. The van der Waals surface area contributed by atoms with E-state index < -0.39 is 5.97 Å². The second kappa shape index (κ2) is 7.58. The van der Waals surface area contributed by atoms with Crippen molar-refractivity contribution in [3.8, 4) is 11.5 Å². The van der Waals surface area contributed by atoms with Crippen LogP contribution in [0.1, 0.15) is 16.1 Å². The van der Waals surface area contributed by atoms with Crippen molar-refractivity contribution in [1.29, 1.82) is 0 Å². The topological polar surface area (TPSA) is 97.5 Å². The highest BCUT2D eigenvalue weighted by molar-refractivity contribution is 6.30. The third-order valence-electron chi connectivity index (χ3n) is 3.90. The number of pyridine rings is 1. The first kappa shape index (κ1) is 17.8. The lowest BCUT2D eigenvalue weighted by molar-refractivity contribution is 0.0690. The Bertz CT molecular complexity index is 1140. The minimum Gasteiger partial charge on any atom is -0.477 e. The van der Waals surface area contributed by atoms with Crippen LogP contribution in [0, 0.1) is 0 Å². The fourth-order valence-corrected chi connectivity index (χ4v) is 2.68. The number of hydrogen-bond acceptors (Lipinski definition) is 6. The van der Waals surface area contributed by atoms with Crippen LogP contribution >= 0.6 is 11.6 Å². The molecule has 4 aromatic rings. The summed E-state index contributed by atoms with van der Waals surface area (Å²) in [5.74, 6) is -0.254. The van der Waals surface area contributed by atoms with Gasteiger partial charge in [0.15, 0.2) is 11.3 Å². The van der Waals surface area contributed by atoms with Crippen molar-refractivity contribution in [3.63, 3.8) is 0 Å². The predicted octanol–water partition coefficient (Wildman–Crippen LogP) is 4.98. The summed E-state index contributed by atoms with van der Waals surface area (Å²) in [7, 11) is 0. The van der Waals surface area contributed by atoms with Crippen LogP contribution in [0.3, 0.4) is 0 Å². The average molecular weight is 396 g/mol. The van der Waals surface area contributed by atoms with E-state index in [0.29, 0.717) is 40.2 Å². The molecule has 0 bridgehead atoms. The summed E-state index contributed by atoms with van der Waals surface area (Å²) in [6.07, 6.45) is 1.38. The molecule has 0 radical (unpaired) electrons. The zero-order valence-electron chi connectivity index (χ0n) is 14.4. The lowest BCUT2D eigenvalue weighted by Crippen LogP contribution is -1.99. The first-order valence-corrected chi connectivity index (χ1v) is 8.71. The molecule has 2 heterocycles. The molecule has 2 aromatic carbocycles. The van der Waals surface area contributed by atoms with Crippen molar-refractivity contribution in [3.05, 3.63) is 77.1 Å². The smallest absolute Gasteiger partial charge is 0.354 e. The first-order valence-electron chi connectivity index (χ1n) is 8.33. The minimum atomic E-state index is -1.12. The van der Waals surface area contributed by atoms with E-state index in [-0.39, 0.29) is 5.69 Å². The third kappa shape index (κ3) is 4.05. The molecule has 0 saturated carbocycles. The number of carbonyl (C=O) groups is 1. The molecular weight excluding hydrogens is 382 g/mol. The Morgan fingerprint density at radius 1 is 1.11 bits per heavy atom. The molecule has 8 heteroatoms. The van der Waals surface area contributed by atoms with Gasteiger partial charge in [0, 0.05) is 29.9 Å². The Morgan fingerprint density at radius 2 is 1.89 bits per heavy atom. The van der Waals surface area contributed by atoms with Crippen LogP contribution in [0.4, 0.5) is 6.01 Å². The number of fused-ring (bicyclic) bond motifs is 1. The maximum absolute atomic E-state index is 11.0. The summed E-state index contributed by atoms with van der Waals surface area (Å²) in [6, 6.07) is 16.0. The van der Waals surface area contributed by atoms with Gasteiger partial charge in [0.1, 0.15) is 17.0 Å². The summed E-state index contributed by atoms with van der Waals surface area (Å²) in [6.45, 7) is 0.544. The molecule has 2 N–H and O–H groups in total. The second-order valence-corrected chi connectivity index (χ2v) is 6.35. The lowest BCUT2D eigenvalue weighted by atomic mass is 10.2. The van der Waals surface area contributed by atoms with Gasteiger partial charge in [-0.3, -0.25) is 0 Å². The Morgan fingerprint density at radius 3 is 2.68 bits per heavy atom. The van der Waals surface area contributed by atoms with Crippen LogP contribution in [-0.4, -0.2) is 21.0 Å². The third-order valence-corrected chi connectivity index (χ3v) is 4.16. The largest absolute Gasteiger partial charge is 0.477 e. The maximum Gasteiger partial charge on any atom is 0.354 e. The van der Waals surface area contributed by atoms with Gasteiger partial charge in [-0.1, -0.05) is 23.7 Å². The number of anilines is 1. The van der Waals surface area contributed by atoms with E-state index in [1.165, 1.54) is 12.3 Å². The fourth-order valence-electron chi connectivity index (χ4n) is 2.55. The highest BCUT2D eigenvalue weighted by Gasteiger charge is 2.10. The molecule has 7 nitrogen and oxygen atoms in total. The fraction of sp³-hybridized carbons (Fsp3) is 0.0500. The maximum atomic E-state index is 11.0. The number of nitrogens with zero attached hydrogens (tertiary/aromatic N) is 2. The number of carboxylic acid groups (broad SMARTS) is 1. The van der Waals surface area contributed by atoms with E-state index in [4.69, 9.17) is 25.9 Å². The number of nitrogens with one attached hydrogen (secondary N) is 1. The van der Waals surface area contributed by atoms with Gasteiger partial charge in [-0.15, -0.1) is 0 Å². The van der Waals surface area contributed by atoms with Crippen LogP contribution in [0.2, 0.25) is 5.02 Å². The molecule has 0 spiro atoms. The second-order valence-electron chi connectivity index (χ2n) is 5.91. The van der Waals surface area contributed by atoms with Crippen LogP contribution in [-0.2, 0) is 6.54 Å². The Kier molecular flexibility index (Phi) is 4.82. The summed E-state index contributed by atoms with van der Waals surface area (Å²) in [4.78, 5) is 19.2. The van der Waals surface area contributed by atoms with E-state index in [9.17, 15) is 4.79 Å². The molecular formula is C20H14ClN3O4. The monoisotopic (exact) mass is 395 g/mol. The number of benzene rings is 2. The van der Waals surface area contributed by atoms with Crippen molar-refractivity contribution in [2.24, 2.45) is 0 Å². The number of ether oxygens (including phenoxy) is 1. The highest BCUT2D eigenvalue weighted by Crippen LogP contribution is 2.27. The van der Waals surface area contributed by atoms with Gasteiger partial charge in [-0.2, -0.15) is 4.98 Å². The van der Waals surface area contributed by atoms with Gasteiger partial charge in [0.2, 0.25) is 0 Å². The number of hydrogen-bond donors (Lipinski definition) is 2. The zero-order valence-corrected chi connectivity index (χ0v) is 15.2. The summed E-state index contributed by atoms with van der Waals surface area (Å²) < 4.78 is 11.4. The number of rotatable bonds is 6. The van der Waals surface area contributed by atoms with Crippen LogP contribution in [0.15, 0.2) is 65.2 Å². The predicted molar refractivity (Wildman–Crippen MR) is 104 cm³/mol. The van der Waals surface area contributed by atoms with Gasteiger partial charge in [0.05, 0.1) is 0 Å². The van der Waals surface area contributed by atoms with Crippen molar-refractivity contribution in [1.82, 2.24) is 9.97 Å². The van der Waals surface area contributed by atoms with E-state index in [0.717, 1.165) is 5.56 Å². The first-order chi connectivity index (χ1) is 13.6. The number of carboxylic acids is 1. The number of aromatic carboxylic acids is 1. The molecule has 0 amide bonds. The van der Waals surface area contributed by atoms with E-state index in [1.54, 1.807) is 24.3 Å². The van der Waals surface area contributed by atoms with Crippen molar-refractivity contribution in [2.75, 3.05) is 5.32 Å². The Hall–Kier alpha value is -3.58. The van der Waals surface area contributed by atoms with E-state index in [2.05, 4.69) is 15.3 Å². The van der Waals surface area contributed by atoms with E-state index >= 15 is 0 Å². The van der Waals surface area contributed by atoms with Gasteiger partial charge in [-0.05, 0) is 35.9 Å². The average Bonchev–Trinajstić information content (AvgIpc) is 3.10. The number of aromatic nitrogens is 2. The van der Waals surface area contributed by atoms with Crippen molar-refractivity contribution < 1.29 is 19.1 Å². The lowest BCUT2D eigenvalue weighted by Gasteiger charge is -2.05. The molecule has 0 atom stereocenters. The Labute approximate surface area is 164 Å². The molecule has 0 saturated heterocycles. The summed E-state index contributed by atoms with van der Waals surface area (Å²) in [5.41, 5.74) is 2.17. The highest BCUT2D eigenvalue weighted by atomic mass is 35.5. The molecule has 4 rings (SSSR count). The molecule has 0 unspecified atom stereocenters. The molecule has 140 valence electrons. The molecule has 0 aliphatic rings.